The maximum absolute atomic E-state index is 11.1. The average Bonchev–Trinajstić information content (AvgIpc) is 2.47. The van der Waals surface area contributed by atoms with Crippen LogP contribution in [0.1, 0.15) is 16.5 Å². The summed E-state index contributed by atoms with van der Waals surface area (Å²) in [5.74, 6) is -1.05. The van der Waals surface area contributed by atoms with Gasteiger partial charge in [0.2, 0.25) is 11.8 Å². The quantitative estimate of drug-likeness (QED) is 0.599. The van der Waals surface area contributed by atoms with Crippen molar-refractivity contribution in [2.24, 2.45) is 5.73 Å². The van der Waals surface area contributed by atoms with Crippen molar-refractivity contribution in [3.05, 3.63) is 11.7 Å². The number of nitrogens with one attached hydrogen (secondary N) is 1. The van der Waals surface area contributed by atoms with Crippen LogP contribution in [-0.2, 0) is 4.79 Å². The van der Waals surface area contributed by atoms with Crippen LogP contribution in [0.4, 0.5) is 0 Å². The molecule has 1 rings (SSSR count). The molecule has 0 spiro atoms. The number of carbonyl (C=O) groups excluding carboxylic acids is 2. The number of amides is 2. The van der Waals surface area contributed by atoms with Gasteiger partial charge in [-0.15, -0.1) is 0 Å². The first kappa shape index (κ1) is 9.17. The lowest BCUT2D eigenvalue weighted by Gasteiger charge is -1.95. The number of carbonyl (C=O) groups is 2. The third kappa shape index (κ3) is 2.55. The van der Waals surface area contributed by atoms with Crippen molar-refractivity contribution in [2.75, 3.05) is 6.54 Å². The molecule has 0 aliphatic heterocycles. The largest absolute Gasteiger partial charge is 0.368 e. The average molecular weight is 184 g/mol. The third-order valence-corrected chi connectivity index (χ3v) is 1.15. The Kier molecular flexibility index (Phi) is 2.58. The summed E-state index contributed by atoms with van der Waals surface area (Å²) < 4.78 is 4.55. The lowest BCUT2D eigenvalue weighted by atomic mass is 10.5. The van der Waals surface area contributed by atoms with Crippen molar-refractivity contribution in [3.8, 4) is 0 Å². The summed E-state index contributed by atoms with van der Waals surface area (Å²) in [6.45, 7) is 1.31. The fourth-order valence-electron chi connectivity index (χ4n) is 0.638. The van der Waals surface area contributed by atoms with Gasteiger partial charge in [0, 0.05) is 6.92 Å². The van der Waals surface area contributed by atoms with Crippen LogP contribution in [0.15, 0.2) is 4.52 Å². The van der Waals surface area contributed by atoms with E-state index >= 15 is 0 Å². The number of hydrogen-bond donors (Lipinski definition) is 2. The van der Waals surface area contributed by atoms with Gasteiger partial charge >= 0.3 is 0 Å². The van der Waals surface area contributed by atoms with Gasteiger partial charge in [0.25, 0.3) is 11.7 Å². The molecular formula is C6H8N4O3. The smallest absolute Gasteiger partial charge is 0.293 e. The van der Waals surface area contributed by atoms with Crippen molar-refractivity contribution in [3.63, 3.8) is 0 Å². The maximum atomic E-state index is 11.1. The first-order chi connectivity index (χ1) is 6.09. The molecule has 0 unspecified atom stereocenters. The molecular weight excluding hydrogens is 176 g/mol. The van der Waals surface area contributed by atoms with Crippen LogP contribution in [-0.4, -0.2) is 28.5 Å². The number of primary amides is 1. The summed E-state index contributed by atoms with van der Waals surface area (Å²) in [5.41, 5.74) is 4.81. The van der Waals surface area contributed by atoms with Crippen LogP contribution in [0.25, 0.3) is 0 Å². The van der Waals surface area contributed by atoms with Crippen LogP contribution in [0.2, 0.25) is 0 Å². The minimum Gasteiger partial charge on any atom is -0.368 e. The first-order valence-corrected chi connectivity index (χ1v) is 3.46. The summed E-state index contributed by atoms with van der Waals surface area (Å²) in [7, 11) is 0. The molecule has 0 aliphatic rings. The second-order valence-corrected chi connectivity index (χ2v) is 2.29. The molecule has 7 nitrogen and oxygen atoms in total. The molecule has 1 aromatic rings. The van der Waals surface area contributed by atoms with Gasteiger partial charge in [-0.1, -0.05) is 5.16 Å². The summed E-state index contributed by atoms with van der Waals surface area (Å²) in [6.07, 6.45) is 0. The number of hydrogen-bond acceptors (Lipinski definition) is 5. The second kappa shape index (κ2) is 3.65. The molecule has 0 atom stereocenters. The molecule has 3 N–H and O–H groups in total. The highest BCUT2D eigenvalue weighted by molar-refractivity contribution is 5.92. The summed E-state index contributed by atoms with van der Waals surface area (Å²) >= 11 is 0. The Morgan fingerprint density at radius 3 is 2.77 bits per heavy atom. The van der Waals surface area contributed by atoms with E-state index in [1.54, 1.807) is 6.92 Å². The van der Waals surface area contributed by atoms with E-state index < -0.39 is 11.8 Å². The Morgan fingerprint density at radius 2 is 2.31 bits per heavy atom. The molecule has 0 aliphatic carbocycles. The molecule has 0 radical (unpaired) electrons. The third-order valence-electron chi connectivity index (χ3n) is 1.15. The SMILES string of the molecule is Cc1nc(C(=O)NCC(N)=O)no1. The Labute approximate surface area is 73.3 Å². The molecule has 1 aromatic heterocycles. The predicted molar refractivity (Wildman–Crippen MR) is 40.6 cm³/mol. The fraction of sp³-hybridized carbons (Fsp3) is 0.333. The minimum atomic E-state index is -0.631. The zero-order valence-electron chi connectivity index (χ0n) is 6.90. The zero-order valence-corrected chi connectivity index (χ0v) is 6.90. The van der Waals surface area contributed by atoms with Gasteiger partial charge in [-0.3, -0.25) is 9.59 Å². The molecule has 70 valence electrons. The summed E-state index contributed by atoms with van der Waals surface area (Å²) in [6, 6.07) is 0. The van der Waals surface area contributed by atoms with Gasteiger partial charge in [-0.05, 0) is 0 Å². The van der Waals surface area contributed by atoms with Crippen molar-refractivity contribution < 1.29 is 14.1 Å². The van der Waals surface area contributed by atoms with E-state index in [-0.39, 0.29) is 18.3 Å². The van der Waals surface area contributed by atoms with Gasteiger partial charge in [0.05, 0.1) is 6.54 Å². The highest BCUT2D eigenvalue weighted by atomic mass is 16.5. The highest BCUT2D eigenvalue weighted by Crippen LogP contribution is 1.93. The Bertz CT molecular complexity index is 332. The molecule has 0 bridgehead atoms. The monoisotopic (exact) mass is 184 g/mol. The van der Waals surface area contributed by atoms with Gasteiger partial charge in [0.1, 0.15) is 0 Å². The Balaban J connectivity index is 2.54. The number of nitrogens with two attached hydrogens (primary N) is 1. The summed E-state index contributed by atoms with van der Waals surface area (Å²) in [4.78, 5) is 25.0. The van der Waals surface area contributed by atoms with E-state index in [4.69, 9.17) is 5.73 Å². The van der Waals surface area contributed by atoms with E-state index in [1.165, 1.54) is 0 Å². The standard InChI is InChI=1S/C6H8N4O3/c1-3-9-5(10-13-3)6(12)8-2-4(7)11/h2H2,1H3,(H2,7,11)(H,8,12). The molecule has 13 heavy (non-hydrogen) atoms. The lowest BCUT2D eigenvalue weighted by molar-refractivity contribution is -0.117. The van der Waals surface area contributed by atoms with Crippen molar-refractivity contribution in [1.29, 1.82) is 0 Å². The number of aryl methyl sites for hydroxylation is 1. The van der Waals surface area contributed by atoms with Crippen LogP contribution in [0.3, 0.4) is 0 Å². The summed E-state index contributed by atoms with van der Waals surface area (Å²) in [5, 5.41) is 5.56. The Morgan fingerprint density at radius 1 is 1.62 bits per heavy atom. The number of aromatic nitrogens is 2. The van der Waals surface area contributed by atoms with Gasteiger partial charge in [-0.2, -0.15) is 4.98 Å². The van der Waals surface area contributed by atoms with Crippen LogP contribution >= 0.6 is 0 Å². The molecule has 0 aromatic carbocycles. The van der Waals surface area contributed by atoms with Crippen LogP contribution in [0.5, 0.6) is 0 Å². The van der Waals surface area contributed by atoms with E-state index in [1.807, 2.05) is 0 Å². The Hall–Kier alpha value is -1.92. The van der Waals surface area contributed by atoms with Gasteiger partial charge < -0.3 is 15.6 Å². The van der Waals surface area contributed by atoms with Crippen molar-refractivity contribution in [2.45, 2.75) is 6.92 Å². The van der Waals surface area contributed by atoms with Crippen LogP contribution < -0.4 is 11.1 Å². The first-order valence-electron chi connectivity index (χ1n) is 3.46. The van der Waals surface area contributed by atoms with Crippen LogP contribution in [0, 0.1) is 6.92 Å². The van der Waals surface area contributed by atoms with Crippen molar-refractivity contribution in [1.82, 2.24) is 15.5 Å². The van der Waals surface area contributed by atoms with E-state index in [0.29, 0.717) is 0 Å². The molecule has 1 heterocycles. The molecule has 7 heteroatoms. The topological polar surface area (TPSA) is 111 Å². The maximum Gasteiger partial charge on any atom is 0.293 e. The lowest BCUT2D eigenvalue weighted by Crippen LogP contribution is -2.33. The molecule has 0 saturated heterocycles. The molecule has 2 amide bonds. The zero-order chi connectivity index (χ0) is 9.84. The second-order valence-electron chi connectivity index (χ2n) is 2.29. The highest BCUT2D eigenvalue weighted by Gasteiger charge is 2.12. The van der Waals surface area contributed by atoms with E-state index in [0.717, 1.165) is 0 Å². The van der Waals surface area contributed by atoms with Gasteiger partial charge in [0.15, 0.2) is 0 Å². The number of nitrogens with zero attached hydrogens (tertiary/aromatic N) is 2. The normalized spacial score (nSPS) is 9.62. The minimum absolute atomic E-state index is 0.112. The van der Waals surface area contributed by atoms with E-state index in [2.05, 4.69) is 20.0 Å². The van der Waals surface area contributed by atoms with Gasteiger partial charge in [-0.25, -0.2) is 0 Å². The predicted octanol–water partition coefficient (Wildman–Crippen LogP) is -1.41. The molecule has 0 saturated carbocycles. The fourth-order valence-corrected chi connectivity index (χ4v) is 0.638. The number of rotatable bonds is 3. The van der Waals surface area contributed by atoms with E-state index in [9.17, 15) is 9.59 Å². The van der Waals surface area contributed by atoms with Crippen molar-refractivity contribution >= 4 is 11.8 Å². The molecule has 0 fully saturated rings.